The van der Waals surface area contributed by atoms with Gasteiger partial charge >= 0.3 is 0 Å². The second-order valence-corrected chi connectivity index (χ2v) is 5.34. The van der Waals surface area contributed by atoms with E-state index in [0.717, 1.165) is 39.6 Å². The van der Waals surface area contributed by atoms with Gasteiger partial charge in [-0.1, -0.05) is 0 Å². The summed E-state index contributed by atoms with van der Waals surface area (Å²) in [4.78, 5) is 10.8. The molecular weight excluding hydrogens is 368 g/mol. The van der Waals surface area contributed by atoms with Gasteiger partial charge in [0, 0.05) is 18.8 Å². The molecule has 162 valence electrons. The van der Waals surface area contributed by atoms with E-state index in [2.05, 4.69) is 0 Å². The van der Waals surface area contributed by atoms with Gasteiger partial charge in [-0.3, -0.25) is 4.79 Å². The van der Waals surface area contributed by atoms with Crippen LogP contribution in [0, 0.1) is 0 Å². The molecule has 0 atom stereocenters. The van der Waals surface area contributed by atoms with Crippen molar-refractivity contribution in [3.05, 3.63) is 23.3 Å². The number of ether oxygens (including phenoxy) is 6. The summed E-state index contributed by atoms with van der Waals surface area (Å²) in [6, 6.07) is 3.28. The topological polar surface area (TPSA) is 92.7 Å². The molecule has 0 aromatic heterocycles. The molecule has 8 nitrogen and oxygen atoms in total. The van der Waals surface area contributed by atoms with Crippen molar-refractivity contribution in [3.8, 4) is 11.5 Å². The van der Waals surface area contributed by atoms with Crippen LogP contribution in [0.15, 0.2) is 12.1 Å². The lowest BCUT2D eigenvalue weighted by atomic mass is 10.1. The van der Waals surface area contributed by atoms with Crippen molar-refractivity contribution in [3.63, 3.8) is 0 Å². The molecule has 1 aromatic rings. The summed E-state index contributed by atoms with van der Waals surface area (Å²) in [6.07, 6.45) is 0.609. The van der Waals surface area contributed by atoms with E-state index in [1.807, 2.05) is 20.8 Å². The molecule has 0 unspecified atom stereocenters. The number of rotatable bonds is 8. The van der Waals surface area contributed by atoms with E-state index in [1.165, 1.54) is 14.2 Å². The maximum Gasteiger partial charge on any atom is 0.154 e. The predicted molar refractivity (Wildman–Crippen MR) is 105 cm³/mol. The van der Waals surface area contributed by atoms with Crippen molar-refractivity contribution in [2.45, 2.75) is 33.7 Å². The molecular formula is C20H34O8. The molecule has 1 heterocycles. The van der Waals surface area contributed by atoms with E-state index >= 15 is 0 Å². The Hall–Kier alpha value is -1.71. The van der Waals surface area contributed by atoms with Crippen molar-refractivity contribution in [2.24, 2.45) is 0 Å². The Balaban J connectivity index is 0.000000438. The number of carbonyl (C=O) groups is 1. The average Bonchev–Trinajstić information content (AvgIpc) is 2.75. The van der Waals surface area contributed by atoms with Crippen LogP contribution in [0.5, 0.6) is 11.5 Å². The van der Waals surface area contributed by atoms with Gasteiger partial charge in [-0.2, -0.15) is 0 Å². The number of hydrogen-bond donors (Lipinski definition) is 1. The normalized spacial score (nSPS) is 13.0. The summed E-state index contributed by atoms with van der Waals surface area (Å²) in [6.45, 7) is 10.1. The van der Waals surface area contributed by atoms with E-state index in [-0.39, 0.29) is 12.9 Å². The molecule has 1 fully saturated rings. The second kappa shape index (κ2) is 17.4. The third-order valence-electron chi connectivity index (χ3n) is 3.54. The summed E-state index contributed by atoms with van der Waals surface area (Å²) >= 11 is 0. The molecule has 1 aliphatic rings. The highest BCUT2D eigenvalue weighted by Gasteiger charge is 2.12. The quantitative estimate of drug-likeness (QED) is 0.524. The van der Waals surface area contributed by atoms with Crippen LogP contribution in [0.25, 0.3) is 0 Å². The molecule has 0 saturated carbocycles. The van der Waals surface area contributed by atoms with Gasteiger partial charge in [0.2, 0.25) is 0 Å². The number of hydrogen-bond acceptors (Lipinski definition) is 8. The first-order chi connectivity index (χ1) is 13.6. The number of methoxy groups -OCH3 is 2. The molecule has 8 heteroatoms. The first-order valence-electron chi connectivity index (χ1n) is 9.27. The zero-order chi connectivity index (χ0) is 21.2. The minimum absolute atomic E-state index is 0.0370. The van der Waals surface area contributed by atoms with Crippen LogP contribution < -0.4 is 9.47 Å². The number of carbonyl (C=O) groups excluding carboxylic acids is 1. The number of aldehydes is 1. The Morgan fingerprint density at radius 1 is 1.00 bits per heavy atom. The molecule has 1 saturated heterocycles. The lowest BCUT2D eigenvalue weighted by Gasteiger charge is -2.11. The fourth-order valence-electron chi connectivity index (χ4n) is 2.24. The van der Waals surface area contributed by atoms with Crippen molar-refractivity contribution in [1.82, 2.24) is 0 Å². The highest BCUT2D eigenvalue weighted by atomic mass is 16.7. The maximum absolute atomic E-state index is 10.8. The first-order valence-corrected chi connectivity index (χ1v) is 9.27. The SMILES string of the molecule is C1COCCO1.CCOC(C)OCC.COc1ccc(OC)c(CO)c1C=O. The van der Waals surface area contributed by atoms with Gasteiger partial charge in [0.05, 0.1) is 52.8 Å². The van der Waals surface area contributed by atoms with Crippen LogP contribution in [0.3, 0.4) is 0 Å². The Kier molecular flexibility index (Phi) is 16.3. The average molecular weight is 402 g/mol. The number of aliphatic hydroxyl groups is 1. The monoisotopic (exact) mass is 402 g/mol. The molecule has 0 aliphatic carbocycles. The van der Waals surface area contributed by atoms with Gasteiger partial charge in [-0.15, -0.1) is 0 Å². The molecule has 0 amide bonds. The zero-order valence-electron chi connectivity index (χ0n) is 17.6. The van der Waals surface area contributed by atoms with Gasteiger partial charge < -0.3 is 33.5 Å². The smallest absolute Gasteiger partial charge is 0.154 e. The van der Waals surface area contributed by atoms with Crippen molar-refractivity contribution >= 4 is 6.29 Å². The van der Waals surface area contributed by atoms with E-state index in [9.17, 15) is 4.79 Å². The minimum atomic E-state index is -0.256. The molecule has 1 N–H and O–H groups in total. The Morgan fingerprint density at radius 3 is 1.79 bits per heavy atom. The largest absolute Gasteiger partial charge is 0.496 e. The van der Waals surface area contributed by atoms with E-state index < -0.39 is 0 Å². The van der Waals surface area contributed by atoms with Gasteiger partial charge in [0.15, 0.2) is 12.6 Å². The first kappa shape index (κ1) is 26.3. The molecule has 0 radical (unpaired) electrons. The fourth-order valence-corrected chi connectivity index (χ4v) is 2.24. The Morgan fingerprint density at radius 2 is 1.46 bits per heavy atom. The van der Waals surface area contributed by atoms with E-state index in [1.54, 1.807) is 12.1 Å². The van der Waals surface area contributed by atoms with Crippen LogP contribution in [0.1, 0.15) is 36.7 Å². The Bertz CT molecular complexity index is 500. The summed E-state index contributed by atoms with van der Waals surface area (Å²) < 4.78 is 30.0. The molecule has 1 aliphatic heterocycles. The minimum Gasteiger partial charge on any atom is -0.496 e. The third-order valence-corrected chi connectivity index (χ3v) is 3.54. The van der Waals surface area contributed by atoms with Crippen LogP contribution in [-0.4, -0.2) is 71.5 Å². The highest BCUT2D eigenvalue weighted by Crippen LogP contribution is 2.28. The Labute approximate surface area is 167 Å². The van der Waals surface area contributed by atoms with Crippen LogP contribution in [0.2, 0.25) is 0 Å². The van der Waals surface area contributed by atoms with Crippen molar-refractivity contribution < 1.29 is 38.3 Å². The second-order valence-electron chi connectivity index (χ2n) is 5.34. The fraction of sp³-hybridized carbons (Fsp3) is 0.650. The molecule has 0 bridgehead atoms. The van der Waals surface area contributed by atoms with Gasteiger partial charge in [-0.25, -0.2) is 0 Å². The number of aliphatic hydroxyl groups excluding tert-OH is 1. The van der Waals surface area contributed by atoms with Gasteiger partial charge in [0.1, 0.15) is 11.5 Å². The van der Waals surface area contributed by atoms with Gasteiger partial charge in [0.25, 0.3) is 0 Å². The van der Waals surface area contributed by atoms with Crippen molar-refractivity contribution in [1.29, 1.82) is 0 Å². The highest BCUT2D eigenvalue weighted by molar-refractivity contribution is 5.83. The van der Waals surface area contributed by atoms with Crippen LogP contribution in [0.4, 0.5) is 0 Å². The van der Waals surface area contributed by atoms with E-state index in [0.29, 0.717) is 28.9 Å². The summed E-state index contributed by atoms with van der Waals surface area (Å²) in [5.74, 6) is 0.917. The molecule has 2 rings (SSSR count). The predicted octanol–water partition coefficient (Wildman–Crippen LogP) is 2.45. The molecule has 28 heavy (non-hydrogen) atoms. The summed E-state index contributed by atoms with van der Waals surface area (Å²) in [5.41, 5.74) is 0.774. The zero-order valence-corrected chi connectivity index (χ0v) is 17.6. The lowest BCUT2D eigenvalue weighted by molar-refractivity contribution is -0.123. The van der Waals surface area contributed by atoms with Crippen molar-refractivity contribution in [2.75, 3.05) is 53.9 Å². The third kappa shape index (κ3) is 10.6. The lowest BCUT2D eigenvalue weighted by Crippen LogP contribution is -2.16. The van der Waals surface area contributed by atoms with Crippen LogP contribution >= 0.6 is 0 Å². The van der Waals surface area contributed by atoms with Gasteiger partial charge in [-0.05, 0) is 32.9 Å². The number of benzene rings is 1. The maximum atomic E-state index is 10.8. The summed E-state index contributed by atoms with van der Waals surface area (Å²) in [7, 11) is 2.95. The molecule has 0 spiro atoms. The van der Waals surface area contributed by atoms with E-state index in [4.69, 9.17) is 33.5 Å². The van der Waals surface area contributed by atoms with Crippen LogP contribution in [-0.2, 0) is 25.6 Å². The summed E-state index contributed by atoms with van der Waals surface area (Å²) in [5, 5.41) is 9.09. The molecule has 1 aromatic carbocycles. The standard InChI is InChI=1S/C10H12O4.C6H14O2.C4H8O2/c1-13-9-3-4-10(14-2)8(6-12)7(9)5-11;1-4-7-6(3)8-5-2;1-2-6-4-3-5-1/h3-5,12H,6H2,1-2H3;6H,4-5H2,1-3H3;1-4H2.